The van der Waals surface area contributed by atoms with E-state index in [9.17, 15) is 4.79 Å². The minimum Gasteiger partial charge on any atom is -0.356 e. The first-order chi connectivity index (χ1) is 10.7. The average Bonchev–Trinajstić information content (AvgIpc) is 2.92. The number of aromatic nitrogens is 2. The molecule has 0 aliphatic carbocycles. The number of hydrogen-bond donors (Lipinski definition) is 1. The van der Waals surface area contributed by atoms with Crippen LogP contribution >= 0.6 is 0 Å². The first-order valence-corrected chi connectivity index (χ1v) is 8.23. The average molecular weight is 303 g/mol. The van der Waals surface area contributed by atoms with E-state index in [-0.39, 0.29) is 0 Å². The molecular weight excluding hydrogens is 278 g/mol. The molecule has 1 aromatic rings. The van der Waals surface area contributed by atoms with Crippen LogP contribution in [-0.2, 0) is 11.3 Å². The number of rotatable bonds is 4. The molecule has 0 aromatic carbocycles. The zero-order valence-corrected chi connectivity index (χ0v) is 13.3. The third kappa shape index (κ3) is 3.38. The summed E-state index contributed by atoms with van der Waals surface area (Å²) in [7, 11) is 0. The van der Waals surface area contributed by atoms with E-state index in [1.54, 1.807) is 0 Å². The maximum absolute atomic E-state index is 11.7. The molecule has 0 saturated carbocycles. The summed E-state index contributed by atoms with van der Waals surface area (Å²) in [4.78, 5) is 25.0. The fourth-order valence-electron chi connectivity index (χ4n) is 3.43. The number of carbonyl (C=O) groups excluding carboxylic acids is 1. The molecule has 2 N–H and O–H groups in total. The Kier molecular flexibility index (Phi) is 4.57. The number of aryl methyl sites for hydroxylation is 1. The quantitative estimate of drug-likeness (QED) is 0.901. The first-order valence-electron chi connectivity index (χ1n) is 8.23. The Morgan fingerprint density at radius 2 is 2.05 bits per heavy atom. The van der Waals surface area contributed by atoms with Crippen LogP contribution in [0.3, 0.4) is 0 Å². The molecule has 2 saturated heterocycles. The van der Waals surface area contributed by atoms with Crippen molar-refractivity contribution in [3.63, 3.8) is 0 Å². The molecule has 0 spiro atoms. The predicted octanol–water partition coefficient (Wildman–Crippen LogP) is 1.08. The molecule has 0 radical (unpaired) electrons. The van der Waals surface area contributed by atoms with Gasteiger partial charge in [0.25, 0.3) is 0 Å². The van der Waals surface area contributed by atoms with Crippen molar-refractivity contribution in [2.24, 2.45) is 11.7 Å². The highest BCUT2D eigenvalue weighted by Gasteiger charge is 2.26. The lowest BCUT2D eigenvalue weighted by Gasteiger charge is -2.34. The number of hydrogen-bond acceptors (Lipinski definition) is 5. The summed E-state index contributed by atoms with van der Waals surface area (Å²) in [5, 5.41) is 0. The normalized spacial score (nSPS) is 20.0. The topological polar surface area (TPSA) is 75.3 Å². The highest BCUT2D eigenvalue weighted by molar-refractivity contribution is 5.78. The van der Waals surface area contributed by atoms with Crippen LogP contribution in [0.4, 0.5) is 5.82 Å². The van der Waals surface area contributed by atoms with E-state index in [4.69, 9.17) is 5.73 Å². The lowest BCUT2D eigenvalue weighted by molar-refractivity contribution is -0.128. The number of likely N-dealkylation sites (tertiary alicyclic amines) is 1. The Balaban J connectivity index is 1.57. The van der Waals surface area contributed by atoms with Gasteiger partial charge in [0.2, 0.25) is 5.91 Å². The number of piperidine rings is 1. The number of anilines is 1. The maximum atomic E-state index is 11.7. The summed E-state index contributed by atoms with van der Waals surface area (Å²) >= 11 is 0. The molecule has 3 rings (SSSR count). The minimum atomic E-state index is 0.335. The van der Waals surface area contributed by atoms with Gasteiger partial charge in [0.1, 0.15) is 11.6 Å². The molecule has 3 heterocycles. The van der Waals surface area contributed by atoms with Crippen LogP contribution in [-0.4, -0.2) is 47.0 Å². The van der Waals surface area contributed by atoms with Crippen LogP contribution in [0.15, 0.2) is 6.07 Å². The number of nitrogens with two attached hydrogens (primary N) is 1. The van der Waals surface area contributed by atoms with Crippen LogP contribution in [0.5, 0.6) is 0 Å². The molecule has 120 valence electrons. The zero-order valence-electron chi connectivity index (χ0n) is 13.3. The van der Waals surface area contributed by atoms with Crippen LogP contribution in [0.25, 0.3) is 0 Å². The molecular formula is C16H25N5O. The van der Waals surface area contributed by atoms with E-state index in [2.05, 4.69) is 14.9 Å². The smallest absolute Gasteiger partial charge is 0.222 e. The van der Waals surface area contributed by atoms with Crippen molar-refractivity contribution in [2.75, 3.05) is 31.1 Å². The van der Waals surface area contributed by atoms with Gasteiger partial charge in [0, 0.05) is 45.2 Å². The van der Waals surface area contributed by atoms with Crippen molar-refractivity contribution >= 4 is 11.7 Å². The van der Waals surface area contributed by atoms with Crippen LogP contribution in [0.1, 0.15) is 37.2 Å². The molecule has 2 aliphatic rings. The summed E-state index contributed by atoms with van der Waals surface area (Å²) in [5.74, 6) is 2.73. The minimum absolute atomic E-state index is 0.335. The highest BCUT2D eigenvalue weighted by Crippen LogP contribution is 2.24. The van der Waals surface area contributed by atoms with Crippen molar-refractivity contribution in [1.82, 2.24) is 14.9 Å². The predicted molar refractivity (Wildman–Crippen MR) is 85.4 cm³/mol. The highest BCUT2D eigenvalue weighted by atomic mass is 16.2. The second-order valence-corrected chi connectivity index (χ2v) is 6.34. The summed E-state index contributed by atoms with van der Waals surface area (Å²) in [6, 6.07) is 2.00. The van der Waals surface area contributed by atoms with E-state index in [1.165, 1.54) is 0 Å². The van der Waals surface area contributed by atoms with Gasteiger partial charge in [0.05, 0.1) is 5.69 Å². The van der Waals surface area contributed by atoms with Gasteiger partial charge in [-0.15, -0.1) is 0 Å². The maximum Gasteiger partial charge on any atom is 0.222 e. The Hall–Kier alpha value is -1.69. The van der Waals surface area contributed by atoms with Gasteiger partial charge < -0.3 is 15.5 Å². The lowest BCUT2D eigenvalue weighted by Crippen LogP contribution is -2.39. The standard InChI is InChI=1S/C16H25N5O/c1-12-18-14(10-17)9-15(19-12)20-7-4-13(5-8-20)11-21-6-2-3-16(21)22/h9,13H,2-8,10-11,17H2,1H3. The van der Waals surface area contributed by atoms with Crippen molar-refractivity contribution in [3.05, 3.63) is 17.6 Å². The zero-order chi connectivity index (χ0) is 15.5. The molecule has 1 aromatic heterocycles. The van der Waals surface area contributed by atoms with Crippen LogP contribution < -0.4 is 10.6 Å². The third-order valence-electron chi connectivity index (χ3n) is 4.68. The van der Waals surface area contributed by atoms with Gasteiger partial charge in [-0.2, -0.15) is 0 Å². The molecule has 6 heteroatoms. The summed E-state index contributed by atoms with van der Waals surface area (Å²) < 4.78 is 0. The van der Waals surface area contributed by atoms with Crippen molar-refractivity contribution < 1.29 is 4.79 Å². The van der Waals surface area contributed by atoms with E-state index in [0.717, 1.165) is 69.2 Å². The van der Waals surface area contributed by atoms with Crippen molar-refractivity contribution in [1.29, 1.82) is 0 Å². The van der Waals surface area contributed by atoms with Gasteiger partial charge in [-0.25, -0.2) is 9.97 Å². The SMILES string of the molecule is Cc1nc(CN)cc(N2CCC(CN3CCCC3=O)CC2)n1. The Bertz CT molecular complexity index is 539. The fourth-order valence-corrected chi connectivity index (χ4v) is 3.43. The Morgan fingerprint density at radius 1 is 1.27 bits per heavy atom. The summed E-state index contributed by atoms with van der Waals surface area (Å²) in [5.41, 5.74) is 6.59. The molecule has 0 unspecified atom stereocenters. The van der Waals surface area contributed by atoms with Crippen LogP contribution in [0, 0.1) is 12.8 Å². The molecule has 0 atom stereocenters. The van der Waals surface area contributed by atoms with Gasteiger partial charge in [-0.3, -0.25) is 4.79 Å². The second-order valence-electron chi connectivity index (χ2n) is 6.34. The second kappa shape index (κ2) is 6.60. The first kappa shape index (κ1) is 15.2. The third-order valence-corrected chi connectivity index (χ3v) is 4.68. The van der Waals surface area contributed by atoms with Crippen molar-refractivity contribution in [2.45, 2.75) is 39.2 Å². The number of carbonyl (C=O) groups is 1. The van der Waals surface area contributed by atoms with Crippen LogP contribution in [0.2, 0.25) is 0 Å². The van der Waals surface area contributed by atoms with E-state index in [1.807, 2.05) is 17.9 Å². The molecule has 6 nitrogen and oxygen atoms in total. The number of amides is 1. The fraction of sp³-hybridized carbons (Fsp3) is 0.688. The summed E-state index contributed by atoms with van der Waals surface area (Å²) in [6.45, 7) is 6.23. The molecule has 2 aliphatic heterocycles. The monoisotopic (exact) mass is 303 g/mol. The molecule has 1 amide bonds. The van der Waals surface area contributed by atoms with Gasteiger partial charge >= 0.3 is 0 Å². The lowest BCUT2D eigenvalue weighted by atomic mass is 9.96. The molecule has 2 fully saturated rings. The molecule has 0 bridgehead atoms. The molecule has 22 heavy (non-hydrogen) atoms. The summed E-state index contributed by atoms with van der Waals surface area (Å²) in [6.07, 6.45) is 4.00. The van der Waals surface area contributed by atoms with Crippen molar-refractivity contribution in [3.8, 4) is 0 Å². The van der Waals surface area contributed by atoms with E-state index >= 15 is 0 Å². The van der Waals surface area contributed by atoms with Gasteiger partial charge in [-0.1, -0.05) is 0 Å². The van der Waals surface area contributed by atoms with Gasteiger partial charge in [0.15, 0.2) is 0 Å². The largest absolute Gasteiger partial charge is 0.356 e. The van der Waals surface area contributed by atoms with E-state index < -0.39 is 0 Å². The van der Waals surface area contributed by atoms with E-state index in [0.29, 0.717) is 18.4 Å². The number of nitrogens with zero attached hydrogens (tertiary/aromatic N) is 4. The Labute approximate surface area is 131 Å². The Morgan fingerprint density at radius 3 is 2.68 bits per heavy atom. The van der Waals surface area contributed by atoms with Gasteiger partial charge in [-0.05, 0) is 32.1 Å².